The Labute approximate surface area is 160 Å². The fourth-order valence-corrected chi connectivity index (χ4v) is 5.18. The summed E-state index contributed by atoms with van der Waals surface area (Å²) in [6, 6.07) is 10.9. The molecule has 0 saturated carbocycles. The lowest BCUT2D eigenvalue weighted by Gasteiger charge is -2.29. The highest BCUT2D eigenvalue weighted by atomic mass is 32.2. The van der Waals surface area contributed by atoms with Gasteiger partial charge in [-0.15, -0.1) is 0 Å². The predicted octanol–water partition coefficient (Wildman–Crippen LogP) is 3.67. The fraction of sp³-hybridized carbons (Fsp3) is 0.381. The molecule has 2 aliphatic rings. The van der Waals surface area contributed by atoms with E-state index in [4.69, 9.17) is 0 Å². The van der Waals surface area contributed by atoms with Gasteiger partial charge in [0.2, 0.25) is 5.91 Å². The summed E-state index contributed by atoms with van der Waals surface area (Å²) in [5, 5.41) is 0. The number of sulfonamides is 1. The minimum absolute atomic E-state index is 0.0124. The number of fused-ring (bicyclic) bond motifs is 2. The molecule has 27 heavy (non-hydrogen) atoms. The lowest BCUT2D eigenvalue weighted by molar-refractivity contribution is -0.116. The van der Waals surface area contributed by atoms with Crippen LogP contribution in [0.4, 0.5) is 11.4 Å². The number of nitrogens with one attached hydrogen (secondary N) is 1. The molecule has 0 aromatic heterocycles. The van der Waals surface area contributed by atoms with Crippen LogP contribution in [0.1, 0.15) is 42.9 Å². The van der Waals surface area contributed by atoms with Crippen LogP contribution in [0, 0.1) is 0 Å². The first kappa shape index (κ1) is 18.0. The molecule has 0 spiro atoms. The zero-order valence-electron chi connectivity index (χ0n) is 15.5. The molecule has 6 heteroatoms. The zero-order chi connectivity index (χ0) is 19.0. The van der Waals surface area contributed by atoms with Crippen LogP contribution in [0.2, 0.25) is 0 Å². The first-order valence-electron chi connectivity index (χ1n) is 9.50. The van der Waals surface area contributed by atoms with Crippen molar-refractivity contribution >= 4 is 27.3 Å². The molecule has 0 saturated heterocycles. The van der Waals surface area contributed by atoms with Gasteiger partial charge in [-0.1, -0.05) is 6.07 Å². The van der Waals surface area contributed by atoms with Crippen molar-refractivity contribution in [2.24, 2.45) is 0 Å². The van der Waals surface area contributed by atoms with E-state index in [0.717, 1.165) is 48.9 Å². The van der Waals surface area contributed by atoms with E-state index >= 15 is 0 Å². The second kappa shape index (κ2) is 7.00. The van der Waals surface area contributed by atoms with E-state index in [1.807, 2.05) is 24.3 Å². The standard InChI is InChI=1S/C21H24N2O3S/c1-15(24)23-12-4-7-18-13-19(9-11-21(18)23)22-27(25,26)20-10-8-16-5-2-3-6-17(16)14-20/h8-11,13-14,22H,2-7,12H2,1H3. The summed E-state index contributed by atoms with van der Waals surface area (Å²) in [5.74, 6) is 0.0124. The van der Waals surface area contributed by atoms with Crippen LogP contribution < -0.4 is 9.62 Å². The van der Waals surface area contributed by atoms with Crippen LogP contribution in [0.15, 0.2) is 41.3 Å². The molecular formula is C21H24N2O3S. The van der Waals surface area contributed by atoms with E-state index in [9.17, 15) is 13.2 Å². The molecule has 4 rings (SSSR count). The Kier molecular flexibility index (Phi) is 4.68. The van der Waals surface area contributed by atoms with Crippen molar-refractivity contribution in [1.82, 2.24) is 0 Å². The molecule has 1 aliphatic heterocycles. The van der Waals surface area contributed by atoms with E-state index < -0.39 is 10.0 Å². The summed E-state index contributed by atoms with van der Waals surface area (Å²) in [6.45, 7) is 2.27. The lowest BCUT2D eigenvalue weighted by atomic mass is 9.92. The Hall–Kier alpha value is -2.34. The van der Waals surface area contributed by atoms with Crippen LogP contribution in [-0.2, 0) is 34.1 Å². The van der Waals surface area contributed by atoms with Crippen molar-refractivity contribution in [2.45, 2.75) is 50.3 Å². The number of anilines is 2. The molecule has 5 nitrogen and oxygen atoms in total. The second-order valence-electron chi connectivity index (χ2n) is 7.36. The number of carbonyl (C=O) groups excluding carboxylic acids is 1. The van der Waals surface area contributed by atoms with Crippen molar-refractivity contribution < 1.29 is 13.2 Å². The number of hydrogen-bond donors (Lipinski definition) is 1. The SMILES string of the molecule is CC(=O)N1CCCc2cc(NS(=O)(=O)c3ccc4c(c3)CCCC4)ccc21. The summed E-state index contributed by atoms with van der Waals surface area (Å²) < 4.78 is 28.4. The van der Waals surface area contributed by atoms with Crippen LogP contribution in [0.5, 0.6) is 0 Å². The van der Waals surface area contributed by atoms with Gasteiger partial charge in [-0.2, -0.15) is 0 Å². The Morgan fingerprint density at radius 2 is 1.67 bits per heavy atom. The van der Waals surface area contributed by atoms with Crippen molar-refractivity contribution in [3.8, 4) is 0 Å². The molecule has 0 fully saturated rings. The number of carbonyl (C=O) groups is 1. The van der Waals surface area contributed by atoms with E-state index in [0.29, 0.717) is 17.1 Å². The third kappa shape index (κ3) is 3.58. The van der Waals surface area contributed by atoms with E-state index in [-0.39, 0.29) is 5.91 Å². The topological polar surface area (TPSA) is 66.5 Å². The molecule has 1 heterocycles. The van der Waals surface area contributed by atoms with Gasteiger partial charge in [-0.25, -0.2) is 8.42 Å². The van der Waals surface area contributed by atoms with Crippen LogP contribution in [0.3, 0.4) is 0 Å². The molecule has 2 aromatic carbocycles. The number of amides is 1. The molecule has 0 unspecified atom stereocenters. The molecule has 2 aromatic rings. The summed E-state index contributed by atoms with van der Waals surface area (Å²) >= 11 is 0. The Bertz CT molecular complexity index is 998. The van der Waals surface area contributed by atoms with E-state index in [1.165, 1.54) is 12.0 Å². The summed E-state index contributed by atoms with van der Waals surface area (Å²) in [6.07, 6.45) is 5.98. The first-order valence-corrected chi connectivity index (χ1v) is 11.0. The predicted molar refractivity (Wildman–Crippen MR) is 107 cm³/mol. The van der Waals surface area contributed by atoms with Gasteiger partial charge in [0.1, 0.15) is 0 Å². The Morgan fingerprint density at radius 1 is 0.926 bits per heavy atom. The second-order valence-corrected chi connectivity index (χ2v) is 9.04. The molecular weight excluding hydrogens is 360 g/mol. The van der Waals surface area contributed by atoms with E-state index in [2.05, 4.69) is 4.72 Å². The van der Waals surface area contributed by atoms with Crippen LogP contribution >= 0.6 is 0 Å². The van der Waals surface area contributed by atoms with Gasteiger partial charge in [0, 0.05) is 24.8 Å². The van der Waals surface area contributed by atoms with Gasteiger partial charge >= 0.3 is 0 Å². The average molecular weight is 385 g/mol. The number of benzene rings is 2. The third-order valence-corrected chi connectivity index (χ3v) is 6.84. The highest BCUT2D eigenvalue weighted by Crippen LogP contribution is 2.31. The fourth-order valence-electron chi connectivity index (χ4n) is 4.08. The van der Waals surface area contributed by atoms with Crippen molar-refractivity contribution in [1.29, 1.82) is 0 Å². The molecule has 142 valence electrons. The Morgan fingerprint density at radius 3 is 2.44 bits per heavy atom. The quantitative estimate of drug-likeness (QED) is 0.878. The summed E-state index contributed by atoms with van der Waals surface area (Å²) in [7, 11) is -3.63. The number of nitrogens with zero attached hydrogens (tertiary/aromatic N) is 1. The van der Waals surface area contributed by atoms with E-state index in [1.54, 1.807) is 24.0 Å². The highest BCUT2D eigenvalue weighted by Gasteiger charge is 2.22. The van der Waals surface area contributed by atoms with Crippen molar-refractivity contribution in [3.05, 3.63) is 53.1 Å². The normalized spacial score (nSPS) is 16.4. The molecule has 1 N–H and O–H groups in total. The van der Waals surface area contributed by atoms with Gasteiger partial charge < -0.3 is 4.90 Å². The third-order valence-electron chi connectivity index (χ3n) is 5.46. The largest absolute Gasteiger partial charge is 0.312 e. The molecule has 0 bridgehead atoms. The number of aryl methyl sites for hydroxylation is 3. The molecule has 0 radical (unpaired) electrons. The summed E-state index contributed by atoms with van der Waals surface area (Å²) in [5.41, 5.74) is 4.83. The van der Waals surface area contributed by atoms with Gasteiger partial charge in [0.05, 0.1) is 4.90 Å². The smallest absolute Gasteiger partial charge is 0.261 e. The Balaban J connectivity index is 1.61. The van der Waals surface area contributed by atoms with Crippen LogP contribution in [-0.4, -0.2) is 20.9 Å². The number of hydrogen-bond acceptors (Lipinski definition) is 3. The zero-order valence-corrected chi connectivity index (χ0v) is 16.3. The minimum atomic E-state index is -3.63. The van der Waals surface area contributed by atoms with Crippen LogP contribution in [0.25, 0.3) is 0 Å². The minimum Gasteiger partial charge on any atom is -0.312 e. The monoisotopic (exact) mass is 384 g/mol. The highest BCUT2D eigenvalue weighted by molar-refractivity contribution is 7.92. The van der Waals surface area contributed by atoms with Gasteiger partial charge in [0.25, 0.3) is 10.0 Å². The van der Waals surface area contributed by atoms with Crippen molar-refractivity contribution in [2.75, 3.05) is 16.2 Å². The van der Waals surface area contributed by atoms with Gasteiger partial charge in [-0.3, -0.25) is 9.52 Å². The maximum absolute atomic E-state index is 12.9. The first-order chi connectivity index (χ1) is 12.9. The molecule has 1 aliphatic carbocycles. The average Bonchev–Trinajstić information content (AvgIpc) is 2.66. The molecule has 1 amide bonds. The van der Waals surface area contributed by atoms with Crippen molar-refractivity contribution in [3.63, 3.8) is 0 Å². The van der Waals surface area contributed by atoms with Gasteiger partial charge in [0.15, 0.2) is 0 Å². The van der Waals surface area contributed by atoms with Gasteiger partial charge in [-0.05, 0) is 85.5 Å². The lowest BCUT2D eigenvalue weighted by Crippen LogP contribution is -2.33. The molecule has 0 atom stereocenters. The number of rotatable bonds is 3. The maximum Gasteiger partial charge on any atom is 0.261 e. The maximum atomic E-state index is 12.9. The summed E-state index contributed by atoms with van der Waals surface area (Å²) in [4.78, 5) is 13.9.